The second-order valence-electron chi connectivity index (χ2n) is 6.31. The fraction of sp³-hybridized carbons (Fsp3) is 0.300. The molecule has 0 atom stereocenters. The minimum atomic E-state index is 0.742. The van der Waals surface area contributed by atoms with E-state index in [2.05, 4.69) is 65.0 Å². The van der Waals surface area contributed by atoms with Crippen molar-refractivity contribution in [3.05, 3.63) is 82.7 Å². The summed E-state index contributed by atoms with van der Waals surface area (Å²) >= 11 is 0. The van der Waals surface area contributed by atoms with Crippen LogP contribution >= 0.6 is 0 Å². The summed E-state index contributed by atoms with van der Waals surface area (Å²) < 4.78 is 2.22. The normalized spacial score (nSPS) is 11.0. The second-order valence-corrected chi connectivity index (χ2v) is 6.31. The summed E-state index contributed by atoms with van der Waals surface area (Å²) in [5, 5.41) is 3.45. The van der Waals surface area contributed by atoms with Gasteiger partial charge < -0.3 is 9.88 Å². The number of aryl methyl sites for hydroxylation is 3. The summed E-state index contributed by atoms with van der Waals surface area (Å²) in [6.07, 6.45) is 7.61. The number of imidazole rings is 1. The molecule has 0 aliphatic heterocycles. The molecule has 2 aromatic heterocycles. The molecule has 1 aromatic carbocycles. The van der Waals surface area contributed by atoms with Gasteiger partial charge in [-0.05, 0) is 49.1 Å². The van der Waals surface area contributed by atoms with Crippen LogP contribution in [0, 0.1) is 20.8 Å². The first-order valence-corrected chi connectivity index (χ1v) is 8.30. The van der Waals surface area contributed by atoms with E-state index in [1.165, 1.54) is 27.8 Å². The van der Waals surface area contributed by atoms with E-state index < -0.39 is 0 Å². The number of hydrogen-bond acceptors (Lipinski definition) is 3. The van der Waals surface area contributed by atoms with Crippen LogP contribution in [-0.2, 0) is 19.6 Å². The van der Waals surface area contributed by atoms with Crippen molar-refractivity contribution in [2.75, 3.05) is 0 Å². The molecule has 124 valence electrons. The zero-order chi connectivity index (χ0) is 16.9. The van der Waals surface area contributed by atoms with E-state index in [0.717, 1.165) is 25.5 Å². The van der Waals surface area contributed by atoms with Gasteiger partial charge in [-0.25, -0.2) is 4.98 Å². The van der Waals surface area contributed by atoms with Crippen LogP contribution in [0.2, 0.25) is 0 Å². The highest BCUT2D eigenvalue weighted by Gasteiger charge is 2.08. The van der Waals surface area contributed by atoms with E-state index in [0.29, 0.717) is 0 Å². The van der Waals surface area contributed by atoms with E-state index in [1.54, 1.807) is 6.20 Å². The average Bonchev–Trinajstić information content (AvgIpc) is 2.99. The molecular formula is C20H24N4. The third kappa shape index (κ3) is 3.89. The molecule has 0 saturated carbocycles. The molecule has 4 heteroatoms. The van der Waals surface area contributed by atoms with Crippen LogP contribution in [0.1, 0.15) is 33.6 Å². The molecule has 3 rings (SSSR count). The molecule has 0 unspecified atom stereocenters. The van der Waals surface area contributed by atoms with Crippen molar-refractivity contribution in [3.63, 3.8) is 0 Å². The van der Waals surface area contributed by atoms with Gasteiger partial charge in [0.1, 0.15) is 5.82 Å². The number of rotatable bonds is 6. The highest BCUT2D eigenvalue weighted by Crippen LogP contribution is 2.18. The van der Waals surface area contributed by atoms with Crippen LogP contribution in [0.4, 0.5) is 0 Å². The van der Waals surface area contributed by atoms with Crippen LogP contribution < -0.4 is 5.32 Å². The van der Waals surface area contributed by atoms with Crippen molar-refractivity contribution in [3.8, 4) is 0 Å². The fourth-order valence-electron chi connectivity index (χ4n) is 3.10. The number of nitrogens with one attached hydrogen (secondary N) is 1. The lowest BCUT2D eigenvalue weighted by atomic mass is 10.00. The molecule has 0 fully saturated rings. The van der Waals surface area contributed by atoms with Gasteiger partial charge in [-0.2, -0.15) is 0 Å². The van der Waals surface area contributed by atoms with Gasteiger partial charge in [0.2, 0.25) is 0 Å². The fourth-order valence-corrected chi connectivity index (χ4v) is 3.10. The van der Waals surface area contributed by atoms with Gasteiger partial charge in [0, 0.05) is 37.9 Å². The molecule has 2 heterocycles. The molecule has 1 N–H and O–H groups in total. The first kappa shape index (κ1) is 16.4. The summed E-state index contributed by atoms with van der Waals surface area (Å²) in [6, 6.07) is 8.53. The van der Waals surface area contributed by atoms with Gasteiger partial charge in [-0.1, -0.05) is 23.8 Å². The monoisotopic (exact) mass is 320 g/mol. The summed E-state index contributed by atoms with van der Waals surface area (Å²) in [6.45, 7) is 8.92. The van der Waals surface area contributed by atoms with E-state index in [9.17, 15) is 0 Å². The van der Waals surface area contributed by atoms with Gasteiger partial charge in [0.05, 0.1) is 6.54 Å². The summed E-state index contributed by atoms with van der Waals surface area (Å²) in [7, 11) is 0. The van der Waals surface area contributed by atoms with E-state index >= 15 is 0 Å². The molecule has 0 amide bonds. The molecule has 0 aliphatic carbocycles. The van der Waals surface area contributed by atoms with Crippen LogP contribution in [-0.4, -0.2) is 14.5 Å². The minimum Gasteiger partial charge on any atom is -0.329 e. The smallest absolute Gasteiger partial charge is 0.122 e. The standard InChI is InChI=1S/C20H24N4/c1-15-9-16(2)19(17(3)10-15)14-24-8-7-23-20(24)13-22-12-18-5-4-6-21-11-18/h4-11,22H,12-14H2,1-3H3. The summed E-state index contributed by atoms with van der Waals surface area (Å²) in [4.78, 5) is 8.64. The number of nitrogens with zero attached hydrogens (tertiary/aromatic N) is 3. The van der Waals surface area contributed by atoms with E-state index in [1.807, 2.05) is 18.5 Å². The zero-order valence-electron chi connectivity index (χ0n) is 14.6. The highest BCUT2D eigenvalue weighted by molar-refractivity contribution is 5.37. The van der Waals surface area contributed by atoms with Gasteiger partial charge >= 0.3 is 0 Å². The Morgan fingerprint density at radius 1 is 1.04 bits per heavy atom. The summed E-state index contributed by atoms with van der Waals surface area (Å²) in [5.41, 5.74) is 6.57. The lowest BCUT2D eigenvalue weighted by Gasteiger charge is -2.14. The number of benzene rings is 1. The highest BCUT2D eigenvalue weighted by atomic mass is 15.1. The van der Waals surface area contributed by atoms with E-state index in [-0.39, 0.29) is 0 Å². The third-order valence-corrected chi connectivity index (χ3v) is 4.31. The Hall–Kier alpha value is -2.46. The Morgan fingerprint density at radius 3 is 2.54 bits per heavy atom. The van der Waals surface area contributed by atoms with Crippen molar-refractivity contribution >= 4 is 0 Å². The van der Waals surface area contributed by atoms with Gasteiger partial charge in [-0.3, -0.25) is 4.98 Å². The maximum atomic E-state index is 4.51. The Labute approximate surface area is 143 Å². The van der Waals surface area contributed by atoms with Crippen molar-refractivity contribution in [1.82, 2.24) is 19.9 Å². The van der Waals surface area contributed by atoms with Crippen LogP contribution in [0.25, 0.3) is 0 Å². The molecule has 0 bridgehead atoms. The maximum absolute atomic E-state index is 4.51. The first-order valence-electron chi connectivity index (χ1n) is 8.30. The number of pyridine rings is 1. The minimum absolute atomic E-state index is 0.742. The van der Waals surface area contributed by atoms with Crippen molar-refractivity contribution in [1.29, 1.82) is 0 Å². The summed E-state index contributed by atoms with van der Waals surface area (Å²) in [5.74, 6) is 1.05. The second kappa shape index (κ2) is 7.41. The SMILES string of the molecule is Cc1cc(C)c(Cn2ccnc2CNCc2cccnc2)c(C)c1. The van der Waals surface area contributed by atoms with Gasteiger partial charge in [0.25, 0.3) is 0 Å². The van der Waals surface area contributed by atoms with Crippen molar-refractivity contribution in [2.45, 2.75) is 40.4 Å². The molecule has 24 heavy (non-hydrogen) atoms. The largest absolute Gasteiger partial charge is 0.329 e. The average molecular weight is 320 g/mol. The molecule has 0 radical (unpaired) electrons. The zero-order valence-corrected chi connectivity index (χ0v) is 14.6. The molecule has 4 nitrogen and oxygen atoms in total. The molecule has 0 spiro atoms. The predicted molar refractivity (Wildman–Crippen MR) is 96.8 cm³/mol. The molecular weight excluding hydrogens is 296 g/mol. The van der Waals surface area contributed by atoms with Crippen LogP contribution in [0.5, 0.6) is 0 Å². The Kier molecular flexibility index (Phi) is 5.06. The Morgan fingerprint density at radius 2 is 1.83 bits per heavy atom. The lowest BCUT2D eigenvalue weighted by molar-refractivity contribution is 0.619. The topological polar surface area (TPSA) is 42.7 Å². The van der Waals surface area contributed by atoms with E-state index in [4.69, 9.17) is 0 Å². The van der Waals surface area contributed by atoms with Crippen LogP contribution in [0.15, 0.2) is 49.1 Å². The maximum Gasteiger partial charge on any atom is 0.122 e. The first-order chi connectivity index (χ1) is 11.6. The van der Waals surface area contributed by atoms with Crippen LogP contribution in [0.3, 0.4) is 0 Å². The van der Waals surface area contributed by atoms with Crippen molar-refractivity contribution < 1.29 is 0 Å². The third-order valence-electron chi connectivity index (χ3n) is 4.31. The quantitative estimate of drug-likeness (QED) is 0.755. The molecule has 0 saturated heterocycles. The number of hydrogen-bond donors (Lipinski definition) is 1. The van der Waals surface area contributed by atoms with Crippen molar-refractivity contribution in [2.24, 2.45) is 0 Å². The lowest BCUT2D eigenvalue weighted by Crippen LogP contribution is -2.17. The Bertz CT molecular complexity index is 783. The van der Waals surface area contributed by atoms with Gasteiger partial charge in [0.15, 0.2) is 0 Å². The predicted octanol–water partition coefficient (Wildman–Crippen LogP) is 3.54. The molecule has 3 aromatic rings. The molecule has 0 aliphatic rings. The van der Waals surface area contributed by atoms with Gasteiger partial charge in [-0.15, -0.1) is 0 Å². The number of aromatic nitrogens is 3. The Balaban J connectivity index is 1.67.